The fourth-order valence-electron chi connectivity index (χ4n) is 2.47. The summed E-state index contributed by atoms with van der Waals surface area (Å²) in [6.07, 6.45) is 1.05. The molecular formula is C20H17NO5S. The zero-order chi connectivity index (χ0) is 19.2. The quantitative estimate of drug-likeness (QED) is 0.294. The van der Waals surface area contributed by atoms with Gasteiger partial charge >= 0.3 is 5.97 Å². The monoisotopic (exact) mass is 383 g/mol. The van der Waals surface area contributed by atoms with Crippen LogP contribution in [-0.4, -0.2) is 31.6 Å². The average molecular weight is 383 g/mol. The number of fused-ring (bicyclic) bond motifs is 2. The van der Waals surface area contributed by atoms with Crippen LogP contribution < -0.4 is 15.5 Å². The van der Waals surface area contributed by atoms with Crippen molar-refractivity contribution in [2.45, 2.75) is 0 Å². The smallest absolute Gasteiger partial charge is 0.330 e. The van der Waals surface area contributed by atoms with Crippen molar-refractivity contribution in [2.24, 2.45) is 0 Å². The molecule has 0 unspecified atom stereocenters. The normalized spacial score (nSPS) is 10.5. The second kappa shape index (κ2) is 8.46. The van der Waals surface area contributed by atoms with Gasteiger partial charge < -0.3 is 14.8 Å². The van der Waals surface area contributed by atoms with Gasteiger partial charge in [-0.2, -0.15) is 0 Å². The van der Waals surface area contributed by atoms with Crippen molar-refractivity contribution < 1.29 is 19.1 Å². The standard InChI is InChI=1S/C20H17NO5S/c1-2-19(23)25-10-9-21-18(22)12-26-13-7-8-17-15(11-13)20(24)14-5-3-4-6-16(14)27-17/h2-8,11H,1,9-10,12H2,(H,21,22). The van der Waals surface area contributed by atoms with Gasteiger partial charge in [-0.05, 0) is 30.3 Å². The molecule has 27 heavy (non-hydrogen) atoms. The Morgan fingerprint density at radius 1 is 1.11 bits per heavy atom. The molecule has 3 aromatic rings. The third-order valence-electron chi connectivity index (χ3n) is 3.75. The van der Waals surface area contributed by atoms with E-state index in [1.165, 1.54) is 11.3 Å². The Balaban J connectivity index is 1.64. The van der Waals surface area contributed by atoms with Crippen molar-refractivity contribution in [3.63, 3.8) is 0 Å². The minimum atomic E-state index is -0.543. The van der Waals surface area contributed by atoms with E-state index in [4.69, 9.17) is 9.47 Å². The number of esters is 1. The topological polar surface area (TPSA) is 81.7 Å². The van der Waals surface area contributed by atoms with Crippen LogP contribution >= 0.6 is 11.3 Å². The van der Waals surface area contributed by atoms with E-state index < -0.39 is 5.97 Å². The van der Waals surface area contributed by atoms with Gasteiger partial charge in [0, 0.05) is 26.2 Å². The predicted octanol–water partition coefficient (Wildman–Crippen LogP) is 2.64. The molecule has 3 rings (SSSR count). The lowest BCUT2D eigenvalue weighted by molar-refractivity contribution is -0.138. The van der Waals surface area contributed by atoms with Gasteiger partial charge in [0.25, 0.3) is 5.91 Å². The van der Waals surface area contributed by atoms with Crippen LogP contribution in [0.1, 0.15) is 0 Å². The van der Waals surface area contributed by atoms with Gasteiger partial charge in [0.15, 0.2) is 12.0 Å². The first-order valence-corrected chi connectivity index (χ1v) is 9.04. The fraction of sp³-hybridized carbons (Fsp3) is 0.150. The maximum absolute atomic E-state index is 12.7. The molecule has 1 heterocycles. The van der Waals surface area contributed by atoms with E-state index in [2.05, 4.69) is 11.9 Å². The molecule has 0 aliphatic rings. The van der Waals surface area contributed by atoms with E-state index in [9.17, 15) is 14.4 Å². The van der Waals surface area contributed by atoms with Gasteiger partial charge in [-0.15, -0.1) is 11.3 Å². The summed E-state index contributed by atoms with van der Waals surface area (Å²) in [6, 6.07) is 12.6. The molecule has 0 radical (unpaired) electrons. The number of carbonyl (C=O) groups is 2. The Morgan fingerprint density at radius 2 is 1.89 bits per heavy atom. The van der Waals surface area contributed by atoms with Gasteiger partial charge in [-0.25, -0.2) is 4.79 Å². The van der Waals surface area contributed by atoms with Crippen LogP contribution in [0.5, 0.6) is 5.75 Å². The van der Waals surface area contributed by atoms with Crippen LogP contribution in [0.3, 0.4) is 0 Å². The highest BCUT2D eigenvalue weighted by Crippen LogP contribution is 2.27. The Kier molecular flexibility index (Phi) is 5.83. The van der Waals surface area contributed by atoms with E-state index in [0.29, 0.717) is 16.5 Å². The number of hydrogen-bond acceptors (Lipinski definition) is 6. The lowest BCUT2D eigenvalue weighted by Gasteiger charge is -2.08. The van der Waals surface area contributed by atoms with Crippen LogP contribution in [0.15, 0.2) is 59.9 Å². The largest absolute Gasteiger partial charge is 0.484 e. The minimum absolute atomic E-state index is 0.0561. The second-order valence-corrected chi connectivity index (χ2v) is 6.68. The van der Waals surface area contributed by atoms with E-state index in [0.717, 1.165) is 15.5 Å². The third kappa shape index (κ3) is 4.51. The molecule has 1 amide bonds. The molecule has 0 aliphatic heterocycles. The Labute approximate surface area is 159 Å². The van der Waals surface area contributed by atoms with Crippen molar-refractivity contribution in [1.29, 1.82) is 0 Å². The molecule has 1 aromatic heterocycles. The summed E-state index contributed by atoms with van der Waals surface area (Å²) < 4.78 is 12.0. The molecule has 7 heteroatoms. The number of benzene rings is 2. The first kappa shape index (κ1) is 18.6. The molecule has 0 bridgehead atoms. The zero-order valence-corrected chi connectivity index (χ0v) is 15.2. The number of ether oxygens (including phenoxy) is 2. The number of carbonyl (C=O) groups excluding carboxylic acids is 2. The van der Waals surface area contributed by atoms with Gasteiger partial charge in [-0.3, -0.25) is 9.59 Å². The van der Waals surface area contributed by atoms with Crippen molar-refractivity contribution in [3.8, 4) is 5.75 Å². The van der Waals surface area contributed by atoms with Crippen LogP contribution in [0.4, 0.5) is 0 Å². The van der Waals surface area contributed by atoms with E-state index in [1.54, 1.807) is 18.2 Å². The first-order valence-electron chi connectivity index (χ1n) is 8.23. The van der Waals surface area contributed by atoms with E-state index in [1.807, 2.05) is 24.3 Å². The molecule has 2 aromatic carbocycles. The highest BCUT2D eigenvalue weighted by Gasteiger charge is 2.08. The van der Waals surface area contributed by atoms with E-state index >= 15 is 0 Å². The molecule has 0 saturated carbocycles. The molecule has 0 aliphatic carbocycles. The Hall–Kier alpha value is -3.19. The lowest BCUT2D eigenvalue weighted by Crippen LogP contribution is -2.32. The summed E-state index contributed by atoms with van der Waals surface area (Å²) in [4.78, 5) is 35.3. The summed E-state index contributed by atoms with van der Waals surface area (Å²) in [5, 5.41) is 3.80. The minimum Gasteiger partial charge on any atom is -0.484 e. The lowest BCUT2D eigenvalue weighted by atomic mass is 10.2. The molecule has 0 spiro atoms. The first-order chi connectivity index (χ1) is 13.1. The highest BCUT2D eigenvalue weighted by atomic mass is 32.1. The Bertz CT molecular complexity index is 1070. The van der Waals surface area contributed by atoms with Crippen molar-refractivity contribution in [2.75, 3.05) is 19.8 Å². The molecule has 138 valence electrons. The number of amides is 1. The van der Waals surface area contributed by atoms with Crippen LogP contribution in [0.25, 0.3) is 20.2 Å². The third-order valence-corrected chi connectivity index (χ3v) is 4.90. The van der Waals surface area contributed by atoms with E-state index in [-0.39, 0.29) is 31.1 Å². The summed E-state index contributed by atoms with van der Waals surface area (Å²) in [6.45, 7) is 3.31. The molecule has 1 N–H and O–H groups in total. The van der Waals surface area contributed by atoms with Crippen LogP contribution in [-0.2, 0) is 14.3 Å². The summed E-state index contributed by atoms with van der Waals surface area (Å²) in [7, 11) is 0. The number of nitrogens with one attached hydrogen (secondary N) is 1. The molecule has 0 atom stereocenters. The van der Waals surface area contributed by atoms with Gasteiger partial charge in [0.1, 0.15) is 12.4 Å². The van der Waals surface area contributed by atoms with Crippen LogP contribution in [0.2, 0.25) is 0 Å². The second-order valence-electron chi connectivity index (χ2n) is 5.60. The van der Waals surface area contributed by atoms with Gasteiger partial charge in [0.05, 0.1) is 6.54 Å². The molecular weight excluding hydrogens is 366 g/mol. The maximum atomic E-state index is 12.7. The van der Waals surface area contributed by atoms with Gasteiger partial charge in [-0.1, -0.05) is 18.7 Å². The summed E-state index contributed by atoms with van der Waals surface area (Å²) in [5.74, 6) is -0.456. The number of hydrogen-bond donors (Lipinski definition) is 1. The summed E-state index contributed by atoms with van der Waals surface area (Å²) in [5.41, 5.74) is -0.0571. The fourth-order valence-corrected chi connectivity index (χ4v) is 3.52. The molecule has 0 saturated heterocycles. The Morgan fingerprint density at radius 3 is 2.70 bits per heavy atom. The predicted molar refractivity (Wildman–Crippen MR) is 105 cm³/mol. The van der Waals surface area contributed by atoms with Crippen molar-refractivity contribution in [1.82, 2.24) is 5.32 Å². The summed E-state index contributed by atoms with van der Waals surface area (Å²) >= 11 is 1.53. The van der Waals surface area contributed by atoms with Crippen molar-refractivity contribution in [3.05, 3.63) is 65.3 Å². The molecule has 0 fully saturated rings. The highest BCUT2D eigenvalue weighted by molar-refractivity contribution is 7.24. The zero-order valence-electron chi connectivity index (χ0n) is 14.4. The number of rotatable bonds is 7. The van der Waals surface area contributed by atoms with Gasteiger partial charge in [0.2, 0.25) is 0 Å². The van der Waals surface area contributed by atoms with Crippen LogP contribution in [0, 0.1) is 0 Å². The SMILES string of the molecule is C=CC(=O)OCCNC(=O)COc1ccc2sc3ccccc3c(=O)c2c1. The molecule has 6 nitrogen and oxygen atoms in total. The maximum Gasteiger partial charge on any atom is 0.330 e. The average Bonchev–Trinajstić information content (AvgIpc) is 2.70. The van der Waals surface area contributed by atoms with Crippen molar-refractivity contribution >= 4 is 43.4 Å².